The van der Waals surface area contributed by atoms with Crippen molar-refractivity contribution in [3.8, 4) is 0 Å². The number of aliphatic hydroxyl groups excluding tert-OH is 3. The van der Waals surface area contributed by atoms with Gasteiger partial charge in [-0.05, 0) is 15.4 Å². The van der Waals surface area contributed by atoms with Crippen LogP contribution in [0.3, 0.4) is 0 Å². The summed E-state index contributed by atoms with van der Waals surface area (Å²) in [7, 11) is -7.38. The summed E-state index contributed by atoms with van der Waals surface area (Å²) in [5, 5.41) is 44.7. The Morgan fingerprint density at radius 3 is 1.88 bits per heavy atom. The van der Waals surface area contributed by atoms with E-state index in [1.165, 1.54) is 7.11 Å². The first-order valence-electron chi connectivity index (χ1n) is 15.3. The Balaban J connectivity index is 1.84. The Morgan fingerprint density at radius 2 is 1.43 bits per heavy atom. The highest BCUT2D eigenvalue weighted by Crippen LogP contribution is 2.38. The van der Waals surface area contributed by atoms with E-state index in [4.69, 9.17) is 27.6 Å². The van der Waals surface area contributed by atoms with E-state index in [9.17, 15) is 43.0 Å². The average Bonchev–Trinajstić information content (AvgIpc) is 3.03. The summed E-state index contributed by atoms with van der Waals surface area (Å²) in [5.74, 6) is -2.38. The highest BCUT2D eigenvalue weighted by atomic mass is 32.3. The molecule has 2 aromatic carbocycles. The molecule has 16 nitrogen and oxygen atoms in total. The Bertz CT molecular complexity index is 1490. The van der Waals surface area contributed by atoms with Crippen LogP contribution in [0.2, 0.25) is 5.04 Å². The molecule has 10 atom stereocenters. The Kier molecular flexibility index (Phi) is 12.4. The van der Waals surface area contributed by atoms with Crippen molar-refractivity contribution < 1.29 is 70.5 Å². The number of carboxylic acids is 1. The van der Waals surface area contributed by atoms with Crippen LogP contribution in [0.4, 0.5) is 0 Å². The molecule has 2 heterocycles. The van der Waals surface area contributed by atoms with Crippen molar-refractivity contribution in [1.29, 1.82) is 0 Å². The lowest BCUT2D eigenvalue weighted by Crippen LogP contribution is -2.70. The van der Waals surface area contributed by atoms with Crippen molar-refractivity contribution in [2.75, 3.05) is 13.7 Å². The number of hydrogen-bond acceptors (Lipinski definition) is 13. The minimum atomic E-state index is -5.29. The second-order valence-corrected chi connectivity index (χ2v) is 18.2. The van der Waals surface area contributed by atoms with E-state index in [0.717, 1.165) is 17.3 Å². The first-order chi connectivity index (χ1) is 22.9. The van der Waals surface area contributed by atoms with Crippen molar-refractivity contribution >= 4 is 41.0 Å². The fourth-order valence-electron chi connectivity index (χ4n) is 6.33. The smallest absolute Gasteiger partial charge is 0.397 e. The molecule has 1 amide bonds. The molecule has 0 spiro atoms. The number of rotatable bonds is 12. The lowest BCUT2D eigenvalue weighted by Gasteiger charge is -2.49. The Hall–Kier alpha value is -2.85. The monoisotopic (exact) mass is 729 g/mol. The number of hydrogen-bond donors (Lipinski definition) is 6. The number of carbonyl (C=O) groups is 2. The molecule has 272 valence electrons. The summed E-state index contributed by atoms with van der Waals surface area (Å²) >= 11 is 0. The molecule has 0 aliphatic carbocycles. The van der Waals surface area contributed by atoms with Gasteiger partial charge in [0.25, 0.3) is 8.32 Å². The third-order valence-corrected chi connectivity index (χ3v) is 13.9. The van der Waals surface area contributed by atoms with Crippen LogP contribution in [0.15, 0.2) is 60.7 Å². The summed E-state index contributed by atoms with van der Waals surface area (Å²) in [6.07, 6.45) is -16.7. The zero-order valence-electron chi connectivity index (χ0n) is 27.5. The zero-order valence-corrected chi connectivity index (χ0v) is 29.3. The maximum Gasteiger partial charge on any atom is 0.397 e. The number of methoxy groups -OCH3 is 1. The van der Waals surface area contributed by atoms with E-state index >= 15 is 0 Å². The average molecular weight is 730 g/mol. The summed E-state index contributed by atoms with van der Waals surface area (Å²) < 4.78 is 69.3. The lowest BCUT2D eigenvalue weighted by atomic mass is 9.95. The molecular formula is C31H43NO15SSi. The van der Waals surface area contributed by atoms with Crippen molar-refractivity contribution in [2.45, 2.75) is 94.1 Å². The summed E-state index contributed by atoms with van der Waals surface area (Å²) in [5.41, 5.74) is 0. The number of aliphatic hydroxyl groups is 3. The number of amides is 1. The molecule has 0 unspecified atom stereocenters. The summed E-state index contributed by atoms with van der Waals surface area (Å²) in [4.78, 5) is 24.1. The molecule has 2 saturated heterocycles. The van der Waals surface area contributed by atoms with E-state index in [-0.39, 0.29) is 6.61 Å². The van der Waals surface area contributed by atoms with Crippen LogP contribution in [0.1, 0.15) is 27.7 Å². The van der Waals surface area contributed by atoms with Gasteiger partial charge in [0, 0.05) is 14.0 Å². The number of ether oxygens (including phenoxy) is 4. The molecule has 6 N–H and O–H groups in total. The number of carbonyl (C=O) groups excluding carboxylic acids is 1. The molecule has 2 aromatic rings. The van der Waals surface area contributed by atoms with Crippen molar-refractivity contribution in [2.24, 2.45) is 0 Å². The van der Waals surface area contributed by atoms with Crippen LogP contribution in [-0.4, -0.2) is 129 Å². The normalized spacial score (nSPS) is 31.2. The minimum Gasteiger partial charge on any atom is -0.479 e. The van der Waals surface area contributed by atoms with Crippen LogP contribution in [0.25, 0.3) is 0 Å². The standard InChI is InChI=1S/C31H43NO15SSi/c1-17(33)32-21-26(47-48(39,40)41)25(45-30-24(36)22(34)23(35)27(46-30)28(37)38)20(44-29(21)42-5)16-43-49(31(2,3)4,18-12-8-6-9-13-18)19-14-10-7-11-15-19/h6-15,20-27,29-30,34-36H,16H2,1-5H3,(H,32,33)(H,37,38)(H,39,40,41)/t20-,21-,22+,23+,24-,25-,26-,27+,29+,30-/m1/s1. The highest BCUT2D eigenvalue weighted by Gasteiger charge is 2.56. The molecule has 49 heavy (non-hydrogen) atoms. The van der Waals surface area contributed by atoms with Gasteiger partial charge in [-0.2, -0.15) is 8.42 Å². The van der Waals surface area contributed by atoms with Crippen molar-refractivity contribution in [1.82, 2.24) is 5.32 Å². The SMILES string of the molecule is CO[C@H]1O[C@H](CO[Si](c2ccccc2)(c2ccccc2)C(C)(C)C)[C@@H](O[C@@H]2O[C@H](C(=O)O)[C@@H](O)[C@H](O)[C@H]2O)[C@H](OS(=O)(=O)O)[C@H]1NC(C)=O. The Labute approximate surface area is 284 Å². The van der Waals surface area contributed by atoms with Gasteiger partial charge in [0.05, 0.1) is 6.61 Å². The fourth-order valence-corrected chi connectivity index (χ4v) is 11.4. The third kappa shape index (κ3) is 8.55. The van der Waals surface area contributed by atoms with Gasteiger partial charge in [-0.15, -0.1) is 0 Å². The molecule has 0 bridgehead atoms. The van der Waals surface area contributed by atoms with Crippen molar-refractivity contribution in [3.63, 3.8) is 0 Å². The lowest BCUT2D eigenvalue weighted by molar-refractivity contribution is -0.339. The molecule has 0 saturated carbocycles. The first-order valence-corrected chi connectivity index (χ1v) is 18.6. The molecule has 2 aliphatic heterocycles. The largest absolute Gasteiger partial charge is 0.479 e. The Morgan fingerprint density at radius 1 is 0.878 bits per heavy atom. The topological polar surface area (TPSA) is 237 Å². The van der Waals surface area contributed by atoms with Gasteiger partial charge in [0.15, 0.2) is 18.7 Å². The van der Waals surface area contributed by atoms with Crippen LogP contribution in [0.5, 0.6) is 0 Å². The summed E-state index contributed by atoms with van der Waals surface area (Å²) in [6.45, 7) is 6.78. The molecule has 0 aromatic heterocycles. The van der Waals surface area contributed by atoms with Crippen molar-refractivity contribution in [3.05, 3.63) is 60.7 Å². The van der Waals surface area contributed by atoms with Gasteiger partial charge in [-0.1, -0.05) is 81.4 Å². The van der Waals surface area contributed by atoms with Gasteiger partial charge >= 0.3 is 16.4 Å². The first kappa shape index (κ1) is 38.9. The minimum absolute atomic E-state index is 0.369. The van der Waals surface area contributed by atoms with Gasteiger partial charge in [0.1, 0.15) is 42.7 Å². The van der Waals surface area contributed by atoms with Crippen LogP contribution < -0.4 is 15.7 Å². The number of aliphatic carboxylic acids is 1. The van der Waals surface area contributed by atoms with E-state index in [2.05, 4.69) is 5.32 Å². The third-order valence-electron chi connectivity index (χ3n) is 8.47. The second-order valence-electron chi connectivity index (χ2n) is 12.8. The molecular weight excluding hydrogens is 686 g/mol. The van der Waals surface area contributed by atoms with Gasteiger partial charge in [-0.3, -0.25) is 9.35 Å². The molecule has 2 fully saturated rings. The van der Waals surface area contributed by atoms with Crippen LogP contribution in [-0.2, 0) is 47.5 Å². The predicted octanol–water partition coefficient (Wildman–Crippen LogP) is -1.10. The van der Waals surface area contributed by atoms with E-state index < -0.39 is 97.0 Å². The zero-order chi connectivity index (χ0) is 36.3. The van der Waals surface area contributed by atoms with E-state index in [1.54, 1.807) is 0 Å². The summed E-state index contributed by atoms with van der Waals surface area (Å²) in [6, 6.07) is 17.4. The van der Waals surface area contributed by atoms with Crippen LogP contribution >= 0.6 is 0 Å². The van der Waals surface area contributed by atoms with E-state index in [1.807, 2.05) is 81.4 Å². The van der Waals surface area contributed by atoms with Gasteiger partial charge in [-0.25, -0.2) is 8.98 Å². The quantitative estimate of drug-likeness (QED) is 0.112. The van der Waals surface area contributed by atoms with Gasteiger partial charge < -0.3 is 49.1 Å². The van der Waals surface area contributed by atoms with Crippen LogP contribution in [0, 0.1) is 0 Å². The maximum absolute atomic E-state index is 12.3. The fraction of sp³-hybridized carbons (Fsp3) is 0.548. The van der Waals surface area contributed by atoms with E-state index in [0.29, 0.717) is 0 Å². The molecule has 2 aliphatic rings. The predicted molar refractivity (Wildman–Crippen MR) is 172 cm³/mol. The maximum atomic E-state index is 12.3. The van der Waals surface area contributed by atoms with Gasteiger partial charge in [0.2, 0.25) is 5.91 Å². The number of benzene rings is 2. The molecule has 4 rings (SSSR count). The highest BCUT2D eigenvalue weighted by molar-refractivity contribution is 7.80. The molecule has 0 radical (unpaired) electrons. The molecule has 18 heteroatoms. The second kappa shape index (κ2) is 15.6. The number of carboxylic acid groups (broad SMARTS) is 1. The number of nitrogens with one attached hydrogen (secondary N) is 1.